The second kappa shape index (κ2) is 9.78. The van der Waals surface area contributed by atoms with Gasteiger partial charge in [-0.15, -0.1) is 0 Å². The van der Waals surface area contributed by atoms with Gasteiger partial charge in [-0.3, -0.25) is 14.9 Å². The molecule has 34 heavy (non-hydrogen) atoms. The van der Waals surface area contributed by atoms with Crippen molar-refractivity contribution in [1.82, 2.24) is 0 Å². The highest BCUT2D eigenvalue weighted by atomic mass is 35.5. The highest BCUT2D eigenvalue weighted by Gasteiger charge is 2.18. The Morgan fingerprint density at radius 2 is 1.79 bits per heavy atom. The van der Waals surface area contributed by atoms with Gasteiger partial charge in [0, 0.05) is 23.4 Å². The van der Waals surface area contributed by atoms with Crippen LogP contribution < -0.4 is 5.32 Å². The molecule has 0 aliphatic carbocycles. The zero-order valence-corrected chi connectivity index (χ0v) is 18.7. The van der Waals surface area contributed by atoms with Crippen molar-refractivity contribution < 1.29 is 23.7 Å². The monoisotopic (exact) mass is 478 g/mol. The Labute approximate surface area is 199 Å². The molecule has 2 N–H and O–H groups in total. The fourth-order valence-corrected chi connectivity index (χ4v) is 3.60. The summed E-state index contributed by atoms with van der Waals surface area (Å²) >= 11 is 6.32. The zero-order valence-electron chi connectivity index (χ0n) is 17.9. The number of hydrogen-bond acceptors (Lipinski definition) is 6. The lowest BCUT2D eigenvalue weighted by Gasteiger charge is -2.06. The molecule has 172 valence electrons. The summed E-state index contributed by atoms with van der Waals surface area (Å²) in [6.07, 6.45) is 2.75. The number of anilines is 1. The molecule has 4 rings (SSSR count). The Kier molecular flexibility index (Phi) is 6.62. The molecule has 0 saturated heterocycles. The van der Waals surface area contributed by atoms with Gasteiger partial charge in [-0.25, -0.2) is 0 Å². The number of benzene rings is 2. The van der Waals surface area contributed by atoms with E-state index in [0.29, 0.717) is 44.9 Å². The maximum absolute atomic E-state index is 12.3. The van der Waals surface area contributed by atoms with Gasteiger partial charge in [0.05, 0.1) is 15.5 Å². The first-order chi connectivity index (χ1) is 16.3. The van der Waals surface area contributed by atoms with Gasteiger partial charge in [-0.2, -0.15) is 0 Å². The molecule has 0 atom stereocenters. The van der Waals surface area contributed by atoms with E-state index < -0.39 is 10.8 Å². The van der Waals surface area contributed by atoms with Gasteiger partial charge >= 0.3 is 0 Å². The Morgan fingerprint density at radius 1 is 1.06 bits per heavy atom. The van der Waals surface area contributed by atoms with E-state index in [4.69, 9.17) is 25.5 Å². The average molecular weight is 479 g/mol. The fourth-order valence-electron chi connectivity index (χ4n) is 3.33. The SMILES string of the molecule is Cc1ccc(-c2ccc(/C=C/C(=O)Nc3ccc(-c4ccc(CO)o4)c(Cl)c3)o2)c([N+](=O)[O-])c1. The van der Waals surface area contributed by atoms with Crippen molar-refractivity contribution in [3.05, 3.63) is 99.0 Å². The Morgan fingerprint density at radius 3 is 2.50 bits per heavy atom. The molecule has 0 saturated carbocycles. The number of nitro groups is 1. The maximum Gasteiger partial charge on any atom is 0.280 e. The van der Waals surface area contributed by atoms with E-state index in [1.165, 1.54) is 18.2 Å². The van der Waals surface area contributed by atoms with Crippen molar-refractivity contribution in [3.8, 4) is 22.6 Å². The number of carbonyl (C=O) groups is 1. The molecule has 1 amide bonds. The van der Waals surface area contributed by atoms with Crippen LogP contribution in [-0.4, -0.2) is 15.9 Å². The number of hydrogen-bond donors (Lipinski definition) is 2. The first-order valence-electron chi connectivity index (χ1n) is 10.2. The number of carbonyl (C=O) groups excluding carboxylic acids is 1. The first kappa shape index (κ1) is 23.0. The Hall–Kier alpha value is -4.14. The van der Waals surface area contributed by atoms with Crippen LogP contribution in [0.2, 0.25) is 5.02 Å². The van der Waals surface area contributed by atoms with Crippen molar-refractivity contribution >= 4 is 35.0 Å². The number of rotatable bonds is 7. The summed E-state index contributed by atoms with van der Waals surface area (Å²) in [5.74, 6) is 1.21. The van der Waals surface area contributed by atoms with E-state index in [2.05, 4.69) is 5.32 Å². The normalized spacial score (nSPS) is 11.1. The minimum Gasteiger partial charge on any atom is -0.459 e. The van der Waals surface area contributed by atoms with Gasteiger partial charge in [0.1, 0.15) is 29.6 Å². The van der Waals surface area contributed by atoms with Crippen LogP contribution in [0, 0.1) is 17.0 Å². The fraction of sp³-hybridized carbons (Fsp3) is 0.0800. The number of aliphatic hydroxyl groups is 1. The van der Waals surface area contributed by atoms with Gasteiger partial charge in [-0.05, 0) is 67.1 Å². The minimum absolute atomic E-state index is 0.0509. The summed E-state index contributed by atoms with van der Waals surface area (Å²) in [6, 6.07) is 16.4. The summed E-state index contributed by atoms with van der Waals surface area (Å²) in [6.45, 7) is 1.56. The topological polar surface area (TPSA) is 119 Å². The van der Waals surface area contributed by atoms with Crippen molar-refractivity contribution in [2.75, 3.05) is 5.32 Å². The number of halogens is 1. The molecule has 0 aliphatic rings. The van der Waals surface area contributed by atoms with E-state index in [0.717, 1.165) is 5.56 Å². The quantitative estimate of drug-likeness (QED) is 0.185. The van der Waals surface area contributed by atoms with E-state index >= 15 is 0 Å². The number of aliphatic hydroxyl groups excluding tert-OH is 1. The molecule has 0 spiro atoms. The standard InChI is InChI=1S/C25H19ClN2O6/c1-15-2-7-20(22(12-15)28(31)32)24-9-4-17(33-24)6-11-25(30)27-16-3-8-19(21(26)13-16)23-10-5-18(14-29)34-23/h2-13,29H,14H2,1H3,(H,27,30)/b11-6+. The third-order valence-corrected chi connectivity index (χ3v) is 5.27. The summed E-state index contributed by atoms with van der Waals surface area (Å²) in [5.41, 5.74) is 2.18. The van der Waals surface area contributed by atoms with Crippen LogP contribution in [-0.2, 0) is 11.4 Å². The number of nitrogens with zero attached hydrogens (tertiary/aromatic N) is 1. The largest absolute Gasteiger partial charge is 0.459 e. The van der Waals surface area contributed by atoms with Crippen LogP contribution in [0.5, 0.6) is 0 Å². The molecule has 0 bridgehead atoms. The van der Waals surface area contributed by atoms with Crippen molar-refractivity contribution in [2.45, 2.75) is 13.5 Å². The van der Waals surface area contributed by atoms with E-state index in [9.17, 15) is 14.9 Å². The second-order valence-corrected chi connectivity index (χ2v) is 7.83. The molecule has 2 heterocycles. The number of furan rings is 2. The highest BCUT2D eigenvalue weighted by Crippen LogP contribution is 2.33. The molecular weight excluding hydrogens is 460 g/mol. The number of nitro benzene ring substituents is 1. The predicted octanol–water partition coefficient (Wildman–Crippen LogP) is 6.22. The molecule has 2 aromatic carbocycles. The lowest BCUT2D eigenvalue weighted by molar-refractivity contribution is -0.384. The van der Waals surface area contributed by atoms with Gasteiger partial charge in [0.15, 0.2) is 0 Å². The molecule has 0 fully saturated rings. The van der Waals surface area contributed by atoms with Gasteiger partial charge < -0.3 is 19.3 Å². The minimum atomic E-state index is -0.457. The summed E-state index contributed by atoms with van der Waals surface area (Å²) in [7, 11) is 0. The molecule has 0 radical (unpaired) electrons. The molecule has 2 aromatic heterocycles. The van der Waals surface area contributed by atoms with Crippen LogP contribution in [0.3, 0.4) is 0 Å². The van der Waals surface area contributed by atoms with E-state index in [-0.39, 0.29) is 12.3 Å². The van der Waals surface area contributed by atoms with Gasteiger partial charge in [0.2, 0.25) is 5.91 Å². The summed E-state index contributed by atoms with van der Waals surface area (Å²) in [4.78, 5) is 23.2. The van der Waals surface area contributed by atoms with Crippen molar-refractivity contribution in [2.24, 2.45) is 0 Å². The van der Waals surface area contributed by atoms with Gasteiger partial charge in [-0.1, -0.05) is 17.7 Å². The zero-order chi connectivity index (χ0) is 24.2. The molecule has 0 aliphatic heterocycles. The molecule has 4 aromatic rings. The van der Waals surface area contributed by atoms with Gasteiger partial charge in [0.25, 0.3) is 5.69 Å². The molecule has 8 nitrogen and oxygen atoms in total. The smallest absolute Gasteiger partial charge is 0.280 e. The third kappa shape index (κ3) is 5.09. The van der Waals surface area contributed by atoms with E-state index in [1.807, 2.05) is 0 Å². The molecule has 0 unspecified atom stereocenters. The van der Waals surface area contributed by atoms with Crippen LogP contribution in [0.4, 0.5) is 11.4 Å². The molecular formula is C25H19ClN2O6. The average Bonchev–Trinajstić information content (AvgIpc) is 3.47. The van der Waals surface area contributed by atoms with Crippen molar-refractivity contribution in [3.63, 3.8) is 0 Å². The lowest BCUT2D eigenvalue weighted by Crippen LogP contribution is -2.07. The predicted molar refractivity (Wildman–Crippen MR) is 128 cm³/mol. The van der Waals surface area contributed by atoms with Crippen molar-refractivity contribution in [1.29, 1.82) is 0 Å². The first-order valence-corrected chi connectivity index (χ1v) is 10.6. The Balaban J connectivity index is 1.45. The van der Waals surface area contributed by atoms with Crippen LogP contribution in [0.1, 0.15) is 17.1 Å². The summed E-state index contributed by atoms with van der Waals surface area (Å²) < 4.78 is 11.2. The number of nitrogens with one attached hydrogen (secondary N) is 1. The maximum atomic E-state index is 12.3. The van der Waals surface area contributed by atoms with Crippen LogP contribution >= 0.6 is 11.6 Å². The number of amides is 1. The van der Waals surface area contributed by atoms with Crippen LogP contribution in [0.15, 0.2) is 75.6 Å². The molecule has 9 heteroatoms. The second-order valence-electron chi connectivity index (χ2n) is 7.42. The number of aryl methyl sites for hydroxylation is 1. The summed E-state index contributed by atoms with van der Waals surface area (Å²) in [5, 5.41) is 23.6. The lowest BCUT2D eigenvalue weighted by atomic mass is 10.1. The van der Waals surface area contributed by atoms with E-state index in [1.54, 1.807) is 61.5 Å². The Bertz CT molecular complexity index is 1400. The van der Waals surface area contributed by atoms with Crippen LogP contribution in [0.25, 0.3) is 28.7 Å². The highest BCUT2D eigenvalue weighted by molar-refractivity contribution is 6.33. The third-order valence-electron chi connectivity index (χ3n) is 4.96.